The van der Waals surface area contributed by atoms with Crippen molar-refractivity contribution in [3.8, 4) is 11.1 Å². The normalized spacial score (nSPS) is 20.2. The molecule has 0 aromatic heterocycles. The van der Waals surface area contributed by atoms with Crippen molar-refractivity contribution in [1.29, 1.82) is 0 Å². The number of carbonyl (C=O) groups excluding carboxylic acids is 2. The lowest BCUT2D eigenvalue weighted by atomic mass is 10.0. The van der Waals surface area contributed by atoms with Crippen LogP contribution in [0.2, 0.25) is 0 Å². The predicted molar refractivity (Wildman–Crippen MR) is 159 cm³/mol. The van der Waals surface area contributed by atoms with Crippen molar-refractivity contribution in [2.24, 2.45) is 11.8 Å². The number of rotatable bonds is 9. The maximum Gasteiger partial charge on any atom is 0.411 e. The van der Waals surface area contributed by atoms with E-state index in [1.54, 1.807) is 18.0 Å². The first-order valence-electron chi connectivity index (χ1n) is 13.9. The number of likely N-dealkylation sites (tertiary alicyclic amines) is 1. The summed E-state index contributed by atoms with van der Waals surface area (Å²) in [5.74, 6) is 0.171. The third kappa shape index (κ3) is 6.73. The molecule has 1 saturated carbocycles. The van der Waals surface area contributed by atoms with Crippen molar-refractivity contribution < 1.29 is 18.7 Å². The average molecular weight is 609 g/mol. The highest BCUT2D eigenvalue weighted by atomic mass is 79.9. The Morgan fingerprint density at radius 1 is 1.02 bits per heavy atom. The number of fused-ring (bicyclic) bond motifs is 1. The van der Waals surface area contributed by atoms with Crippen molar-refractivity contribution in [1.82, 2.24) is 9.80 Å². The van der Waals surface area contributed by atoms with Gasteiger partial charge < -0.3 is 14.5 Å². The molecule has 8 heteroatoms. The third-order valence-electron chi connectivity index (χ3n) is 8.05. The van der Waals surface area contributed by atoms with Gasteiger partial charge in [-0.3, -0.25) is 10.1 Å². The summed E-state index contributed by atoms with van der Waals surface area (Å²) in [5.41, 5.74) is 3.71. The molecule has 40 heavy (non-hydrogen) atoms. The topological polar surface area (TPSA) is 61.9 Å². The standard InChI is InChI=1S/C32H35BrFN3O3/c1-36(31(38)28-12-11-22(13-14-33)17-29(28)34)15-16-37-20-24-18-26(19-25(24)21-37)40-32(39)35-30-10-6-5-9-27(30)23-7-3-2-4-8-23/h2-12,17,24-26H,13-16,18-21H2,1H3,(H,35,39)/t24-,25+,26?. The molecule has 1 aliphatic heterocycles. The molecule has 5 rings (SSSR count). The summed E-state index contributed by atoms with van der Waals surface area (Å²) in [6, 6.07) is 22.5. The first kappa shape index (κ1) is 28.3. The minimum atomic E-state index is -0.468. The van der Waals surface area contributed by atoms with Crippen LogP contribution in [0.5, 0.6) is 0 Å². The number of nitrogens with one attached hydrogen (secondary N) is 1. The lowest BCUT2D eigenvalue weighted by molar-refractivity contribution is 0.0774. The molecule has 1 heterocycles. The number of amides is 2. The Morgan fingerprint density at radius 3 is 2.42 bits per heavy atom. The number of hydrogen-bond donors (Lipinski definition) is 1. The number of hydrogen-bond acceptors (Lipinski definition) is 4. The van der Waals surface area contributed by atoms with Gasteiger partial charge >= 0.3 is 6.09 Å². The van der Waals surface area contributed by atoms with Crippen LogP contribution >= 0.6 is 15.9 Å². The summed E-state index contributed by atoms with van der Waals surface area (Å²) in [5, 5.41) is 3.69. The number of alkyl halides is 1. The van der Waals surface area contributed by atoms with Gasteiger partial charge in [-0.15, -0.1) is 0 Å². The molecule has 3 atom stereocenters. The molecule has 1 saturated heterocycles. The van der Waals surface area contributed by atoms with E-state index in [1.807, 2.05) is 60.7 Å². The van der Waals surface area contributed by atoms with Crippen LogP contribution in [0.4, 0.5) is 14.9 Å². The van der Waals surface area contributed by atoms with Crippen molar-refractivity contribution >= 4 is 33.6 Å². The van der Waals surface area contributed by atoms with E-state index in [-0.39, 0.29) is 17.6 Å². The second-order valence-electron chi connectivity index (χ2n) is 10.8. The van der Waals surface area contributed by atoms with E-state index in [1.165, 1.54) is 6.07 Å². The zero-order valence-corrected chi connectivity index (χ0v) is 24.3. The Hall–Kier alpha value is -3.23. The van der Waals surface area contributed by atoms with Gasteiger partial charge in [0.1, 0.15) is 11.9 Å². The molecule has 3 aromatic rings. The SMILES string of the molecule is CN(CCN1C[C@H]2CC(OC(=O)Nc3ccccc3-c3ccccc3)C[C@H]2C1)C(=O)c1ccc(CCBr)cc1F. The lowest BCUT2D eigenvalue weighted by Gasteiger charge is -2.23. The van der Waals surface area contributed by atoms with Crippen LogP contribution in [-0.4, -0.2) is 66.5 Å². The molecule has 1 aliphatic carbocycles. The number of para-hydroxylation sites is 1. The molecule has 0 spiro atoms. The third-order valence-corrected chi connectivity index (χ3v) is 8.45. The molecule has 0 bridgehead atoms. The highest BCUT2D eigenvalue weighted by Gasteiger charge is 2.42. The van der Waals surface area contributed by atoms with Crippen LogP contribution in [0, 0.1) is 17.7 Å². The zero-order chi connectivity index (χ0) is 28.1. The van der Waals surface area contributed by atoms with Crippen LogP contribution in [0.3, 0.4) is 0 Å². The lowest BCUT2D eigenvalue weighted by Crippen LogP contribution is -2.36. The molecule has 210 valence electrons. The van der Waals surface area contributed by atoms with Crippen LogP contribution in [-0.2, 0) is 11.2 Å². The van der Waals surface area contributed by atoms with Gasteiger partial charge in [-0.25, -0.2) is 9.18 Å². The van der Waals surface area contributed by atoms with Gasteiger partial charge in [0.05, 0.1) is 11.3 Å². The summed E-state index contributed by atoms with van der Waals surface area (Å²) in [7, 11) is 1.73. The van der Waals surface area contributed by atoms with E-state index in [0.717, 1.165) is 66.6 Å². The maximum absolute atomic E-state index is 14.5. The number of likely N-dealkylation sites (N-methyl/N-ethyl adjacent to an activating group) is 1. The Bertz CT molecular complexity index is 1320. The van der Waals surface area contributed by atoms with Crippen molar-refractivity contribution in [3.63, 3.8) is 0 Å². The first-order valence-corrected chi connectivity index (χ1v) is 15.0. The van der Waals surface area contributed by atoms with Gasteiger partial charge in [-0.2, -0.15) is 0 Å². The Morgan fingerprint density at radius 2 is 1.73 bits per heavy atom. The fourth-order valence-electron chi connectivity index (χ4n) is 5.97. The number of halogens is 2. The fraction of sp³-hybridized carbons (Fsp3) is 0.375. The number of benzene rings is 3. The summed E-state index contributed by atoms with van der Waals surface area (Å²) >= 11 is 3.36. The van der Waals surface area contributed by atoms with Gasteiger partial charge in [0.15, 0.2) is 0 Å². The van der Waals surface area contributed by atoms with Gasteiger partial charge in [0, 0.05) is 44.1 Å². The summed E-state index contributed by atoms with van der Waals surface area (Å²) in [6.07, 6.45) is 1.89. The van der Waals surface area contributed by atoms with Crippen LogP contribution in [0.1, 0.15) is 28.8 Å². The summed E-state index contributed by atoms with van der Waals surface area (Å²) < 4.78 is 20.3. The van der Waals surface area contributed by atoms with Crippen molar-refractivity contribution in [3.05, 3.63) is 89.7 Å². The van der Waals surface area contributed by atoms with E-state index in [9.17, 15) is 14.0 Å². The summed E-state index contributed by atoms with van der Waals surface area (Å²) in [6.45, 7) is 3.10. The molecular formula is C32H35BrFN3O3. The Labute approximate surface area is 243 Å². The van der Waals surface area contributed by atoms with Gasteiger partial charge in [-0.1, -0.05) is 70.5 Å². The number of carbonyl (C=O) groups is 2. The van der Waals surface area contributed by atoms with E-state index < -0.39 is 11.9 Å². The van der Waals surface area contributed by atoms with Crippen LogP contribution in [0.25, 0.3) is 11.1 Å². The second kappa shape index (κ2) is 13.0. The quantitative estimate of drug-likeness (QED) is 0.284. The molecular weight excluding hydrogens is 573 g/mol. The van der Waals surface area contributed by atoms with E-state index in [4.69, 9.17) is 4.74 Å². The number of anilines is 1. The predicted octanol–water partition coefficient (Wildman–Crippen LogP) is 6.46. The molecule has 1 N–H and O–H groups in total. The second-order valence-corrected chi connectivity index (χ2v) is 11.6. The van der Waals surface area contributed by atoms with Crippen LogP contribution in [0.15, 0.2) is 72.8 Å². The molecule has 6 nitrogen and oxygen atoms in total. The number of nitrogens with zero attached hydrogens (tertiary/aromatic N) is 2. The molecule has 2 aliphatic rings. The highest BCUT2D eigenvalue weighted by molar-refractivity contribution is 9.09. The maximum atomic E-state index is 14.5. The van der Waals surface area contributed by atoms with Crippen molar-refractivity contribution in [2.75, 3.05) is 43.9 Å². The molecule has 0 radical (unpaired) electrons. The first-order chi connectivity index (χ1) is 19.4. The zero-order valence-electron chi connectivity index (χ0n) is 22.7. The molecule has 3 aromatic carbocycles. The Balaban J connectivity index is 1.07. The monoisotopic (exact) mass is 607 g/mol. The number of aryl methyl sites for hydroxylation is 1. The largest absolute Gasteiger partial charge is 0.446 e. The van der Waals surface area contributed by atoms with E-state index in [0.29, 0.717) is 18.4 Å². The number of ether oxygens (including phenoxy) is 1. The average Bonchev–Trinajstić information content (AvgIpc) is 3.50. The van der Waals surface area contributed by atoms with Crippen LogP contribution < -0.4 is 5.32 Å². The van der Waals surface area contributed by atoms with Crippen molar-refractivity contribution in [2.45, 2.75) is 25.4 Å². The molecule has 1 unspecified atom stereocenters. The molecule has 2 fully saturated rings. The highest BCUT2D eigenvalue weighted by Crippen LogP contribution is 2.39. The van der Waals surface area contributed by atoms with E-state index in [2.05, 4.69) is 26.1 Å². The van der Waals surface area contributed by atoms with E-state index >= 15 is 0 Å². The van der Waals surface area contributed by atoms with Gasteiger partial charge in [-0.05, 0) is 60.4 Å². The summed E-state index contributed by atoms with van der Waals surface area (Å²) in [4.78, 5) is 29.5. The Kier molecular flexibility index (Phi) is 9.17. The minimum absolute atomic E-state index is 0.0965. The minimum Gasteiger partial charge on any atom is -0.446 e. The molecule has 2 amide bonds. The van der Waals surface area contributed by atoms with Gasteiger partial charge in [0.2, 0.25) is 0 Å². The van der Waals surface area contributed by atoms with Gasteiger partial charge in [0.25, 0.3) is 5.91 Å². The fourth-order valence-corrected chi connectivity index (χ4v) is 6.43. The smallest absolute Gasteiger partial charge is 0.411 e.